The van der Waals surface area contributed by atoms with Crippen LogP contribution in [0.3, 0.4) is 0 Å². The predicted molar refractivity (Wildman–Crippen MR) is 91.5 cm³/mol. The van der Waals surface area contributed by atoms with Crippen LogP contribution in [0.4, 0.5) is 5.69 Å². The fraction of sp³-hybridized carbons (Fsp3) is 0.368. The molecular weight excluding hydrogens is 302 g/mol. The second-order valence-electron chi connectivity index (χ2n) is 6.38. The number of carbonyl (C=O) groups is 1. The molecule has 1 amide bonds. The Morgan fingerprint density at radius 3 is 3.00 bits per heavy atom. The molecular formula is C19H21N3O2. The molecule has 5 nitrogen and oxygen atoms in total. The van der Waals surface area contributed by atoms with Crippen LogP contribution in [0.1, 0.15) is 35.4 Å². The molecule has 4 rings (SSSR count). The number of carbonyl (C=O) groups excluding carboxylic acids is 1. The Morgan fingerprint density at radius 1 is 1.29 bits per heavy atom. The number of hydrogen-bond acceptors (Lipinski definition) is 3. The van der Waals surface area contributed by atoms with Crippen molar-refractivity contribution in [3.05, 3.63) is 59.4 Å². The Morgan fingerprint density at radius 2 is 2.17 bits per heavy atom. The van der Waals surface area contributed by atoms with E-state index in [2.05, 4.69) is 22.4 Å². The average Bonchev–Trinajstić information content (AvgIpc) is 3.24. The summed E-state index contributed by atoms with van der Waals surface area (Å²) < 4.78 is 7.55. The van der Waals surface area contributed by atoms with Gasteiger partial charge in [0.25, 0.3) is 5.91 Å². The lowest BCUT2D eigenvalue weighted by molar-refractivity contribution is -0.114. The molecule has 2 aromatic rings. The Hall–Kier alpha value is -2.40. The molecule has 1 aromatic carbocycles. The van der Waals surface area contributed by atoms with Crippen LogP contribution in [0.2, 0.25) is 0 Å². The molecule has 24 heavy (non-hydrogen) atoms. The van der Waals surface area contributed by atoms with Gasteiger partial charge in [-0.15, -0.1) is 0 Å². The number of nitrogens with zero attached hydrogens (tertiary/aromatic N) is 3. The quantitative estimate of drug-likeness (QED) is 0.813. The molecule has 124 valence electrons. The summed E-state index contributed by atoms with van der Waals surface area (Å²) in [6, 6.07) is 8.18. The molecule has 0 N–H and O–H groups in total. The molecule has 0 fully saturated rings. The number of aryl methyl sites for hydroxylation is 2. The van der Waals surface area contributed by atoms with Gasteiger partial charge in [0, 0.05) is 17.9 Å². The standard InChI is InChI=1S/C19H21N3O2/c1-2-19(23)21(17-7-6-14-12-24-13-15(14)9-17)11-16-10-18-5-3-4-8-22(18)20-16/h2,6-7,9-10H,1,3-5,8,11-13H2. The molecule has 3 heterocycles. The van der Waals surface area contributed by atoms with Gasteiger partial charge in [-0.2, -0.15) is 5.10 Å². The van der Waals surface area contributed by atoms with E-state index in [1.165, 1.54) is 30.2 Å². The first-order valence-corrected chi connectivity index (χ1v) is 8.43. The largest absolute Gasteiger partial charge is 0.372 e. The molecule has 1 aromatic heterocycles. The SMILES string of the molecule is C=CC(=O)N(Cc1cc2n(n1)CCCC2)c1ccc2c(c1)COC2. The number of anilines is 1. The van der Waals surface area contributed by atoms with E-state index in [9.17, 15) is 4.79 Å². The van der Waals surface area contributed by atoms with Crippen LogP contribution in [-0.4, -0.2) is 15.7 Å². The molecule has 0 bridgehead atoms. The first-order chi connectivity index (χ1) is 11.7. The summed E-state index contributed by atoms with van der Waals surface area (Å²) in [5.41, 5.74) is 5.42. The zero-order chi connectivity index (χ0) is 16.5. The van der Waals surface area contributed by atoms with Crippen molar-refractivity contribution in [2.75, 3.05) is 4.90 Å². The monoisotopic (exact) mass is 323 g/mol. The summed E-state index contributed by atoms with van der Waals surface area (Å²) in [6.45, 7) is 6.34. The summed E-state index contributed by atoms with van der Waals surface area (Å²) in [6.07, 6.45) is 4.82. The van der Waals surface area contributed by atoms with Crippen molar-refractivity contribution < 1.29 is 9.53 Å². The number of hydrogen-bond donors (Lipinski definition) is 0. The van der Waals surface area contributed by atoms with Crippen molar-refractivity contribution in [1.82, 2.24) is 9.78 Å². The highest BCUT2D eigenvalue weighted by Gasteiger charge is 2.20. The summed E-state index contributed by atoms with van der Waals surface area (Å²) in [7, 11) is 0. The van der Waals surface area contributed by atoms with E-state index in [4.69, 9.17) is 4.74 Å². The van der Waals surface area contributed by atoms with E-state index in [0.717, 1.165) is 29.9 Å². The van der Waals surface area contributed by atoms with E-state index in [1.54, 1.807) is 4.90 Å². The van der Waals surface area contributed by atoms with Crippen LogP contribution >= 0.6 is 0 Å². The van der Waals surface area contributed by atoms with Crippen LogP contribution in [-0.2, 0) is 42.3 Å². The molecule has 0 atom stereocenters. The molecule has 5 heteroatoms. The zero-order valence-corrected chi connectivity index (χ0v) is 13.7. The first kappa shape index (κ1) is 15.1. The summed E-state index contributed by atoms with van der Waals surface area (Å²) in [4.78, 5) is 14.1. The Balaban J connectivity index is 1.63. The molecule has 2 aliphatic heterocycles. The minimum absolute atomic E-state index is 0.111. The van der Waals surface area contributed by atoms with E-state index in [-0.39, 0.29) is 5.91 Å². The Kier molecular flexibility index (Phi) is 3.94. The van der Waals surface area contributed by atoms with Gasteiger partial charge in [0.05, 0.1) is 25.5 Å². The number of aromatic nitrogens is 2. The Bertz CT molecular complexity index is 770. The smallest absolute Gasteiger partial charge is 0.250 e. The normalized spacial score (nSPS) is 15.7. The van der Waals surface area contributed by atoms with Gasteiger partial charge in [0.1, 0.15) is 0 Å². The maximum absolute atomic E-state index is 12.4. The van der Waals surface area contributed by atoms with Crippen molar-refractivity contribution in [2.45, 2.75) is 45.6 Å². The van der Waals surface area contributed by atoms with Crippen LogP contribution < -0.4 is 4.90 Å². The van der Waals surface area contributed by atoms with E-state index in [0.29, 0.717) is 19.8 Å². The fourth-order valence-electron chi connectivity index (χ4n) is 3.45. The van der Waals surface area contributed by atoms with Crippen LogP contribution in [0, 0.1) is 0 Å². The predicted octanol–water partition coefficient (Wildman–Crippen LogP) is 2.97. The second kappa shape index (κ2) is 6.24. The van der Waals surface area contributed by atoms with E-state index < -0.39 is 0 Å². The minimum Gasteiger partial charge on any atom is -0.372 e. The minimum atomic E-state index is -0.111. The van der Waals surface area contributed by atoms with Crippen molar-refractivity contribution in [3.8, 4) is 0 Å². The zero-order valence-electron chi connectivity index (χ0n) is 13.7. The topological polar surface area (TPSA) is 47.4 Å². The molecule has 0 unspecified atom stereocenters. The summed E-state index contributed by atoms with van der Waals surface area (Å²) in [5, 5.41) is 4.67. The van der Waals surface area contributed by atoms with Gasteiger partial charge in [-0.1, -0.05) is 12.6 Å². The van der Waals surface area contributed by atoms with Crippen LogP contribution in [0.25, 0.3) is 0 Å². The third kappa shape index (κ3) is 2.76. The number of amides is 1. The summed E-state index contributed by atoms with van der Waals surface area (Å²) >= 11 is 0. The Labute approximate surface area is 141 Å². The highest BCUT2D eigenvalue weighted by Crippen LogP contribution is 2.27. The fourth-order valence-corrected chi connectivity index (χ4v) is 3.45. The number of rotatable bonds is 4. The van der Waals surface area contributed by atoms with Crippen LogP contribution in [0.15, 0.2) is 36.9 Å². The van der Waals surface area contributed by atoms with Gasteiger partial charge < -0.3 is 9.64 Å². The molecule has 0 saturated heterocycles. The van der Waals surface area contributed by atoms with Gasteiger partial charge in [0.2, 0.25) is 0 Å². The van der Waals surface area contributed by atoms with Gasteiger partial charge in [0.15, 0.2) is 0 Å². The van der Waals surface area contributed by atoms with Gasteiger partial charge in [-0.05, 0) is 54.7 Å². The lowest BCUT2D eigenvalue weighted by Gasteiger charge is -2.21. The average molecular weight is 323 g/mol. The number of ether oxygens (including phenoxy) is 1. The van der Waals surface area contributed by atoms with Crippen molar-refractivity contribution in [3.63, 3.8) is 0 Å². The second-order valence-corrected chi connectivity index (χ2v) is 6.38. The number of fused-ring (bicyclic) bond motifs is 2. The van der Waals surface area contributed by atoms with Crippen molar-refractivity contribution >= 4 is 11.6 Å². The van der Waals surface area contributed by atoms with Crippen molar-refractivity contribution in [2.24, 2.45) is 0 Å². The number of benzene rings is 1. The van der Waals surface area contributed by atoms with Gasteiger partial charge >= 0.3 is 0 Å². The van der Waals surface area contributed by atoms with Crippen molar-refractivity contribution in [1.29, 1.82) is 0 Å². The van der Waals surface area contributed by atoms with E-state index >= 15 is 0 Å². The van der Waals surface area contributed by atoms with E-state index in [1.807, 2.05) is 18.2 Å². The first-order valence-electron chi connectivity index (χ1n) is 8.43. The molecule has 0 saturated carbocycles. The highest BCUT2D eigenvalue weighted by molar-refractivity contribution is 6.01. The lowest BCUT2D eigenvalue weighted by Crippen LogP contribution is -2.29. The molecule has 2 aliphatic rings. The van der Waals surface area contributed by atoms with Crippen LogP contribution in [0.5, 0.6) is 0 Å². The molecule has 0 aliphatic carbocycles. The highest BCUT2D eigenvalue weighted by atomic mass is 16.5. The molecule has 0 spiro atoms. The lowest BCUT2D eigenvalue weighted by atomic mass is 10.1. The maximum Gasteiger partial charge on any atom is 0.250 e. The molecule has 0 radical (unpaired) electrons. The van der Waals surface area contributed by atoms with Gasteiger partial charge in [-0.25, -0.2) is 0 Å². The van der Waals surface area contributed by atoms with Gasteiger partial charge in [-0.3, -0.25) is 9.48 Å². The summed E-state index contributed by atoms with van der Waals surface area (Å²) in [5.74, 6) is -0.111. The third-order valence-corrected chi connectivity index (χ3v) is 4.74. The third-order valence-electron chi connectivity index (χ3n) is 4.74. The maximum atomic E-state index is 12.4.